The molecule has 0 radical (unpaired) electrons. The van der Waals surface area contributed by atoms with Gasteiger partial charge in [-0.05, 0) is 30.7 Å². The molecule has 24 heavy (non-hydrogen) atoms. The summed E-state index contributed by atoms with van der Waals surface area (Å²) in [5.74, 6) is 0.666. The van der Waals surface area contributed by atoms with Crippen molar-refractivity contribution in [1.82, 2.24) is 15.2 Å². The predicted octanol–water partition coefficient (Wildman–Crippen LogP) is 3.41. The summed E-state index contributed by atoms with van der Waals surface area (Å²) in [5.41, 5.74) is 1.74. The summed E-state index contributed by atoms with van der Waals surface area (Å²) in [4.78, 5) is 16.6. The lowest BCUT2D eigenvalue weighted by atomic mass is 10.2. The van der Waals surface area contributed by atoms with E-state index in [1.54, 1.807) is 7.11 Å². The maximum Gasteiger partial charge on any atom is 0.232 e. The Balaban J connectivity index is 1.63. The maximum absolute atomic E-state index is 12.1. The minimum Gasteiger partial charge on any atom is -0.497 e. The Kier molecular flexibility index (Phi) is 5.17. The Morgan fingerprint density at radius 1 is 1.25 bits per heavy atom. The van der Waals surface area contributed by atoms with E-state index in [1.807, 2.05) is 36.6 Å². The molecular formula is C16H16N4O2S2. The van der Waals surface area contributed by atoms with Crippen molar-refractivity contribution in [2.24, 2.45) is 0 Å². The summed E-state index contributed by atoms with van der Waals surface area (Å²) in [5, 5.41) is 14.9. The molecule has 1 aromatic carbocycles. The molecule has 6 nitrogen and oxygen atoms in total. The maximum atomic E-state index is 12.1. The second-order valence-electron chi connectivity index (χ2n) is 4.95. The number of rotatable bonds is 6. The van der Waals surface area contributed by atoms with E-state index in [1.165, 1.54) is 22.7 Å². The highest BCUT2D eigenvalue weighted by molar-refractivity contribution is 7.15. The van der Waals surface area contributed by atoms with E-state index < -0.39 is 0 Å². The SMILES string of the molecule is CCc1nnc(NC(=O)Cc2csc(-c3ccc(OC)cc3)n2)s1. The second-order valence-corrected chi connectivity index (χ2v) is 6.87. The lowest BCUT2D eigenvalue weighted by Gasteiger charge is -2.00. The fourth-order valence-corrected chi connectivity index (χ4v) is 3.55. The van der Waals surface area contributed by atoms with Crippen LogP contribution in [-0.2, 0) is 17.6 Å². The van der Waals surface area contributed by atoms with Gasteiger partial charge in [-0.15, -0.1) is 21.5 Å². The van der Waals surface area contributed by atoms with Crippen LogP contribution in [-0.4, -0.2) is 28.2 Å². The topological polar surface area (TPSA) is 77.0 Å². The van der Waals surface area contributed by atoms with Gasteiger partial charge in [0.2, 0.25) is 11.0 Å². The number of aryl methyl sites for hydroxylation is 1. The van der Waals surface area contributed by atoms with Gasteiger partial charge in [0.1, 0.15) is 15.8 Å². The smallest absolute Gasteiger partial charge is 0.232 e. The molecule has 0 aliphatic heterocycles. The summed E-state index contributed by atoms with van der Waals surface area (Å²) in [6.07, 6.45) is 1.03. The third kappa shape index (κ3) is 3.95. The molecule has 0 saturated carbocycles. The number of carbonyl (C=O) groups excluding carboxylic acids is 1. The number of methoxy groups -OCH3 is 1. The monoisotopic (exact) mass is 360 g/mol. The van der Waals surface area contributed by atoms with Crippen LogP contribution in [0.25, 0.3) is 10.6 Å². The molecule has 0 atom stereocenters. The number of thiazole rings is 1. The Hall–Kier alpha value is -2.32. The van der Waals surface area contributed by atoms with Crippen LogP contribution in [0.3, 0.4) is 0 Å². The van der Waals surface area contributed by atoms with Crippen LogP contribution in [0.15, 0.2) is 29.6 Å². The average Bonchev–Trinajstić information content (AvgIpc) is 3.24. The minimum atomic E-state index is -0.139. The quantitative estimate of drug-likeness (QED) is 0.729. The highest BCUT2D eigenvalue weighted by Crippen LogP contribution is 2.26. The van der Waals surface area contributed by atoms with Crippen molar-refractivity contribution in [3.63, 3.8) is 0 Å². The molecule has 0 aliphatic rings. The van der Waals surface area contributed by atoms with Crippen molar-refractivity contribution in [2.75, 3.05) is 12.4 Å². The van der Waals surface area contributed by atoms with Crippen LogP contribution in [0.2, 0.25) is 0 Å². The first-order valence-electron chi connectivity index (χ1n) is 7.39. The van der Waals surface area contributed by atoms with E-state index in [-0.39, 0.29) is 12.3 Å². The standard InChI is InChI=1S/C16H16N4O2S2/c1-3-14-19-20-16(24-14)18-13(21)8-11-9-23-15(17-11)10-4-6-12(22-2)7-5-10/h4-7,9H,3,8H2,1-2H3,(H,18,20,21). The van der Waals surface area contributed by atoms with Crippen molar-refractivity contribution in [1.29, 1.82) is 0 Å². The van der Waals surface area contributed by atoms with Crippen LogP contribution < -0.4 is 10.1 Å². The Morgan fingerprint density at radius 2 is 2.04 bits per heavy atom. The number of nitrogens with one attached hydrogen (secondary N) is 1. The van der Waals surface area contributed by atoms with Crippen LogP contribution in [0.1, 0.15) is 17.6 Å². The number of hydrogen-bond acceptors (Lipinski definition) is 7. The first-order chi connectivity index (χ1) is 11.7. The molecule has 124 valence electrons. The fraction of sp³-hybridized carbons (Fsp3) is 0.250. The summed E-state index contributed by atoms with van der Waals surface area (Å²) >= 11 is 2.91. The van der Waals surface area contributed by atoms with Gasteiger partial charge < -0.3 is 10.1 Å². The van der Waals surface area contributed by atoms with Gasteiger partial charge in [0, 0.05) is 10.9 Å². The molecule has 2 heterocycles. The number of aromatic nitrogens is 3. The molecule has 0 aliphatic carbocycles. The third-order valence-corrected chi connectivity index (χ3v) is 5.17. The molecule has 8 heteroatoms. The van der Waals surface area contributed by atoms with Gasteiger partial charge in [0.05, 0.1) is 19.2 Å². The van der Waals surface area contributed by atoms with Gasteiger partial charge in [-0.3, -0.25) is 4.79 Å². The zero-order chi connectivity index (χ0) is 16.9. The Labute approximate surface area is 147 Å². The number of benzene rings is 1. The highest BCUT2D eigenvalue weighted by atomic mass is 32.1. The Morgan fingerprint density at radius 3 is 2.71 bits per heavy atom. The number of ether oxygens (including phenoxy) is 1. The summed E-state index contributed by atoms with van der Waals surface area (Å²) in [6.45, 7) is 2.00. The summed E-state index contributed by atoms with van der Waals surface area (Å²) in [7, 11) is 1.64. The first-order valence-corrected chi connectivity index (χ1v) is 9.08. The van der Waals surface area contributed by atoms with Crippen molar-refractivity contribution < 1.29 is 9.53 Å². The van der Waals surface area contributed by atoms with Crippen LogP contribution >= 0.6 is 22.7 Å². The van der Waals surface area contributed by atoms with Crippen LogP contribution in [0.5, 0.6) is 5.75 Å². The van der Waals surface area contributed by atoms with E-state index in [0.29, 0.717) is 5.13 Å². The van der Waals surface area contributed by atoms with E-state index >= 15 is 0 Å². The number of carbonyl (C=O) groups is 1. The number of hydrogen-bond donors (Lipinski definition) is 1. The summed E-state index contributed by atoms with van der Waals surface area (Å²) in [6, 6.07) is 7.69. The molecule has 0 bridgehead atoms. The number of amides is 1. The molecule has 1 N–H and O–H groups in total. The largest absolute Gasteiger partial charge is 0.497 e. The molecule has 0 fully saturated rings. The molecule has 0 unspecified atom stereocenters. The molecule has 3 aromatic rings. The minimum absolute atomic E-state index is 0.139. The normalized spacial score (nSPS) is 10.6. The van der Waals surface area contributed by atoms with Crippen molar-refractivity contribution >= 4 is 33.7 Å². The van der Waals surface area contributed by atoms with Gasteiger partial charge in [-0.2, -0.15) is 0 Å². The van der Waals surface area contributed by atoms with E-state index in [4.69, 9.17) is 4.74 Å². The predicted molar refractivity (Wildman–Crippen MR) is 95.7 cm³/mol. The van der Waals surface area contributed by atoms with E-state index in [9.17, 15) is 4.79 Å². The fourth-order valence-electron chi connectivity index (χ4n) is 2.03. The molecule has 1 amide bonds. The highest BCUT2D eigenvalue weighted by Gasteiger charge is 2.11. The van der Waals surface area contributed by atoms with Gasteiger partial charge >= 0.3 is 0 Å². The van der Waals surface area contributed by atoms with Gasteiger partial charge in [-0.25, -0.2) is 4.98 Å². The van der Waals surface area contributed by atoms with Crippen molar-refractivity contribution in [3.8, 4) is 16.3 Å². The summed E-state index contributed by atoms with van der Waals surface area (Å²) < 4.78 is 5.15. The first kappa shape index (κ1) is 16.5. The molecule has 3 rings (SSSR count). The Bertz CT molecular complexity index is 827. The van der Waals surface area contributed by atoms with Crippen molar-refractivity contribution in [3.05, 3.63) is 40.3 Å². The molecule has 0 saturated heterocycles. The van der Waals surface area contributed by atoms with Crippen molar-refractivity contribution in [2.45, 2.75) is 19.8 Å². The number of anilines is 1. The molecule has 0 spiro atoms. The lowest BCUT2D eigenvalue weighted by molar-refractivity contribution is -0.115. The van der Waals surface area contributed by atoms with Gasteiger partial charge in [0.25, 0.3) is 0 Å². The lowest BCUT2D eigenvalue weighted by Crippen LogP contribution is -2.14. The molecular weight excluding hydrogens is 344 g/mol. The van der Waals surface area contributed by atoms with Crippen LogP contribution in [0.4, 0.5) is 5.13 Å². The number of nitrogens with zero attached hydrogens (tertiary/aromatic N) is 3. The average molecular weight is 360 g/mol. The van der Waals surface area contributed by atoms with Gasteiger partial charge in [-0.1, -0.05) is 18.3 Å². The van der Waals surface area contributed by atoms with E-state index in [0.717, 1.165) is 33.4 Å². The second kappa shape index (κ2) is 7.50. The third-order valence-electron chi connectivity index (χ3n) is 3.25. The molecule has 2 aromatic heterocycles. The zero-order valence-corrected chi connectivity index (χ0v) is 14.9. The van der Waals surface area contributed by atoms with Crippen LogP contribution in [0, 0.1) is 0 Å². The zero-order valence-electron chi connectivity index (χ0n) is 13.3. The van der Waals surface area contributed by atoms with Gasteiger partial charge in [0.15, 0.2) is 0 Å². The van der Waals surface area contributed by atoms with E-state index in [2.05, 4.69) is 20.5 Å².